The van der Waals surface area contributed by atoms with Gasteiger partial charge >= 0.3 is 21.2 Å². The molecule has 130 valence electrons. The number of carbonyl (C=O) groups is 1. The summed E-state index contributed by atoms with van der Waals surface area (Å²) in [5.41, 5.74) is 5.17. The molecule has 0 aliphatic carbocycles. The molecule has 0 heterocycles. The standard InChI is InChI=1S/C8H20N4O8P2/c9-8(10)12(5-22(18,19)20)3-1-2-6(7(13)14)11-4-21(15,16)17/h6,11H,1-5H2,(H3,9,10)(H,13,14)(H2,15,16,17)(H2,18,19,20)/t6-/m0/s1. The highest BCUT2D eigenvalue weighted by Gasteiger charge is 2.23. The van der Waals surface area contributed by atoms with Crippen molar-refractivity contribution in [3.8, 4) is 0 Å². The lowest BCUT2D eigenvalue weighted by molar-refractivity contribution is -0.139. The first kappa shape index (κ1) is 21.0. The Bertz CT molecular complexity index is 489. The molecule has 12 nitrogen and oxygen atoms in total. The minimum absolute atomic E-state index is 0.0692. The molecule has 0 aromatic carbocycles. The van der Waals surface area contributed by atoms with Crippen molar-refractivity contribution < 1.29 is 38.6 Å². The first-order chi connectivity index (χ1) is 9.82. The van der Waals surface area contributed by atoms with Crippen LogP contribution in [0.15, 0.2) is 0 Å². The van der Waals surface area contributed by atoms with Gasteiger partial charge in [-0.3, -0.25) is 24.7 Å². The number of rotatable bonds is 10. The van der Waals surface area contributed by atoms with Crippen LogP contribution in [0.2, 0.25) is 0 Å². The van der Waals surface area contributed by atoms with Crippen molar-refractivity contribution in [2.45, 2.75) is 18.9 Å². The van der Waals surface area contributed by atoms with Gasteiger partial charge in [0.05, 0.1) is 6.29 Å². The zero-order chi connectivity index (χ0) is 17.6. The lowest BCUT2D eigenvalue weighted by atomic mass is 10.1. The number of carboxylic acid groups (broad SMARTS) is 1. The van der Waals surface area contributed by atoms with Gasteiger partial charge < -0.3 is 35.3 Å². The number of guanidine groups is 1. The summed E-state index contributed by atoms with van der Waals surface area (Å²) < 4.78 is 21.6. The molecule has 0 rings (SSSR count). The molecule has 0 radical (unpaired) electrons. The molecule has 0 saturated carbocycles. The van der Waals surface area contributed by atoms with Gasteiger partial charge in [0.25, 0.3) is 0 Å². The molecule has 0 fully saturated rings. The van der Waals surface area contributed by atoms with E-state index in [-0.39, 0.29) is 19.4 Å². The van der Waals surface area contributed by atoms with Gasteiger partial charge in [0.2, 0.25) is 0 Å². The lowest BCUT2D eigenvalue weighted by Crippen LogP contribution is -2.40. The summed E-state index contributed by atoms with van der Waals surface area (Å²) in [7, 11) is -8.82. The third-order valence-electron chi connectivity index (χ3n) is 2.46. The van der Waals surface area contributed by atoms with E-state index in [2.05, 4.69) is 5.32 Å². The van der Waals surface area contributed by atoms with Crippen LogP contribution in [0.25, 0.3) is 0 Å². The SMILES string of the molecule is N=C(N)N(CCC[C@H](NCP(=O)(O)O)C(=O)O)CP(=O)(O)O. The van der Waals surface area contributed by atoms with Crippen molar-refractivity contribution in [1.29, 1.82) is 5.41 Å². The molecule has 0 aromatic rings. The lowest BCUT2D eigenvalue weighted by Gasteiger charge is -2.23. The van der Waals surface area contributed by atoms with Crippen LogP contribution in [0, 0.1) is 5.41 Å². The zero-order valence-electron chi connectivity index (χ0n) is 11.5. The average molecular weight is 362 g/mol. The van der Waals surface area contributed by atoms with Crippen LogP contribution in [0.4, 0.5) is 0 Å². The molecule has 0 amide bonds. The van der Waals surface area contributed by atoms with E-state index in [4.69, 9.17) is 35.8 Å². The van der Waals surface area contributed by atoms with E-state index < -0.39 is 45.7 Å². The second-order valence-electron chi connectivity index (χ2n) is 4.51. The summed E-state index contributed by atoms with van der Waals surface area (Å²) in [6.45, 7) is -0.0815. The highest BCUT2D eigenvalue weighted by Crippen LogP contribution is 2.35. The molecule has 0 spiro atoms. The van der Waals surface area contributed by atoms with Crippen LogP contribution >= 0.6 is 15.2 Å². The minimum Gasteiger partial charge on any atom is -0.480 e. The van der Waals surface area contributed by atoms with Gasteiger partial charge in [-0.15, -0.1) is 0 Å². The molecule has 0 bridgehead atoms. The van der Waals surface area contributed by atoms with Gasteiger partial charge in [-0.1, -0.05) is 0 Å². The normalized spacial score (nSPS) is 13.6. The topological polar surface area (TPSA) is 217 Å². The smallest absolute Gasteiger partial charge is 0.344 e. The quantitative estimate of drug-likeness (QED) is 0.124. The van der Waals surface area contributed by atoms with E-state index in [1.54, 1.807) is 0 Å². The van der Waals surface area contributed by atoms with Crippen LogP contribution in [0.1, 0.15) is 12.8 Å². The zero-order valence-corrected chi connectivity index (χ0v) is 13.3. The van der Waals surface area contributed by atoms with E-state index in [1.165, 1.54) is 0 Å². The number of nitrogens with two attached hydrogens (primary N) is 1. The molecule has 1 atom stereocenters. The summed E-state index contributed by atoms with van der Waals surface area (Å²) in [6.07, 6.45) is -1.55. The van der Waals surface area contributed by atoms with Crippen LogP contribution in [-0.4, -0.2) is 66.7 Å². The van der Waals surface area contributed by atoms with Gasteiger partial charge in [0.15, 0.2) is 5.96 Å². The van der Waals surface area contributed by atoms with E-state index in [9.17, 15) is 13.9 Å². The monoisotopic (exact) mass is 362 g/mol. The molecule has 22 heavy (non-hydrogen) atoms. The van der Waals surface area contributed by atoms with Crippen molar-refractivity contribution in [3.05, 3.63) is 0 Å². The largest absolute Gasteiger partial charge is 0.480 e. The number of hydrogen-bond acceptors (Lipinski definition) is 5. The summed E-state index contributed by atoms with van der Waals surface area (Å²) in [5, 5.41) is 18.3. The Morgan fingerprint density at radius 1 is 1.23 bits per heavy atom. The van der Waals surface area contributed by atoms with Gasteiger partial charge in [-0.25, -0.2) is 0 Å². The maximum atomic E-state index is 10.9. The van der Waals surface area contributed by atoms with E-state index in [1.807, 2.05) is 0 Å². The fourth-order valence-corrected chi connectivity index (χ4v) is 2.71. The minimum atomic E-state index is -4.42. The Hall–Kier alpha value is -1.00. The molecule has 0 aliphatic rings. The summed E-state index contributed by atoms with van der Waals surface area (Å²) in [6, 6.07) is -1.24. The highest BCUT2D eigenvalue weighted by atomic mass is 31.2. The van der Waals surface area contributed by atoms with Crippen molar-refractivity contribution in [1.82, 2.24) is 10.2 Å². The van der Waals surface area contributed by atoms with Crippen molar-refractivity contribution in [2.24, 2.45) is 5.73 Å². The molecule has 0 saturated heterocycles. The molecule has 0 aliphatic heterocycles. The predicted molar refractivity (Wildman–Crippen MR) is 76.2 cm³/mol. The highest BCUT2D eigenvalue weighted by molar-refractivity contribution is 7.51. The second kappa shape index (κ2) is 8.59. The van der Waals surface area contributed by atoms with Crippen molar-refractivity contribution in [2.75, 3.05) is 19.1 Å². The van der Waals surface area contributed by atoms with Crippen LogP contribution in [-0.2, 0) is 13.9 Å². The third kappa shape index (κ3) is 10.7. The Balaban J connectivity index is 4.46. The number of aliphatic carboxylic acids is 1. The van der Waals surface area contributed by atoms with Crippen molar-refractivity contribution in [3.63, 3.8) is 0 Å². The van der Waals surface area contributed by atoms with Gasteiger partial charge in [0.1, 0.15) is 12.3 Å². The summed E-state index contributed by atoms with van der Waals surface area (Å²) >= 11 is 0. The van der Waals surface area contributed by atoms with Gasteiger partial charge in [0, 0.05) is 6.54 Å². The van der Waals surface area contributed by atoms with E-state index >= 15 is 0 Å². The molecule has 14 heteroatoms. The molecule has 0 aromatic heterocycles. The van der Waals surface area contributed by atoms with Crippen molar-refractivity contribution >= 4 is 27.1 Å². The molecule has 0 unspecified atom stereocenters. The van der Waals surface area contributed by atoms with Crippen LogP contribution in [0.3, 0.4) is 0 Å². The molecule has 9 N–H and O–H groups in total. The summed E-state index contributed by atoms with van der Waals surface area (Å²) in [4.78, 5) is 46.8. The number of hydrogen-bond donors (Lipinski definition) is 8. The fourth-order valence-electron chi connectivity index (χ4n) is 1.52. The number of carboxylic acids is 1. The Morgan fingerprint density at radius 2 is 1.77 bits per heavy atom. The van der Waals surface area contributed by atoms with E-state index in [0.29, 0.717) is 0 Å². The van der Waals surface area contributed by atoms with Gasteiger partial charge in [-0.2, -0.15) is 0 Å². The second-order valence-corrected chi connectivity index (χ2v) is 7.77. The number of nitrogens with one attached hydrogen (secondary N) is 2. The first-order valence-corrected chi connectivity index (χ1v) is 9.55. The van der Waals surface area contributed by atoms with E-state index in [0.717, 1.165) is 4.90 Å². The molecular weight excluding hydrogens is 342 g/mol. The molecular formula is C8H20N4O8P2. The Morgan fingerprint density at radius 3 is 2.14 bits per heavy atom. The fraction of sp³-hybridized carbons (Fsp3) is 0.750. The Labute approximate surface area is 126 Å². The van der Waals surface area contributed by atoms with Crippen LogP contribution < -0.4 is 11.1 Å². The summed E-state index contributed by atoms with van der Waals surface area (Å²) in [5.74, 6) is -1.89. The number of nitrogens with zero attached hydrogens (tertiary/aromatic N) is 1. The predicted octanol–water partition coefficient (Wildman–Crippen LogP) is -1.72. The Kier molecular flexibility index (Phi) is 8.19. The van der Waals surface area contributed by atoms with Crippen LogP contribution in [0.5, 0.6) is 0 Å². The van der Waals surface area contributed by atoms with Gasteiger partial charge in [-0.05, 0) is 12.8 Å². The average Bonchev–Trinajstić information content (AvgIpc) is 2.28. The third-order valence-corrected chi connectivity index (χ3v) is 3.76. The maximum absolute atomic E-state index is 10.9. The maximum Gasteiger partial charge on any atom is 0.344 e. The first-order valence-electron chi connectivity index (χ1n) is 5.96.